The van der Waals surface area contributed by atoms with E-state index in [1.165, 1.54) is 6.08 Å². The van der Waals surface area contributed by atoms with Gasteiger partial charge in [-0.05, 0) is 56.7 Å². The largest absolute Gasteiger partial charge is 0.372 e. The summed E-state index contributed by atoms with van der Waals surface area (Å²) in [5.74, 6) is -1.43. The van der Waals surface area contributed by atoms with Gasteiger partial charge in [-0.3, -0.25) is 9.59 Å². The number of anilines is 4. The van der Waals surface area contributed by atoms with Gasteiger partial charge in [0.2, 0.25) is 5.91 Å². The molecule has 0 saturated carbocycles. The number of amides is 2. The minimum atomic E-state index is -0.782. The number of carbonyl (C=O) groups excluding carboxylic acids is 2. The Labute approximate surface area is 204 Å². The fourth-order valence-electron chi connectivity index (χ4n) is 4.60. The smallest absolute Gasteiger partial charge is 0.252 e. The summed E-state index contributed by atoms with van der Waals surface area (Å²) in [6, 6.07) is 8.68. The lowest BCUT2D eigenvalue weighted by Gasteiger charge is -2.36. The highest BCUT2D eigenvalue weighted by molar-refractivity contribution is 5.98. The SMILES string of the molecule is C=CC(=O)N[C@H]1CCN(c2nc(Nc3ccc(N4C[C@@H](C)O[C@@H](C)C4)cc3)c(C(N)=O)cc2F)C1. The number of hydrogen-bond acceptors (Lipinski definition) is 7. The van der Waals surface area contributed by atoms with Gasteiger partial charge in [-0.15, -0.1) is 0 Å². The van der Waals surface area contributed by atoms with Crippen molar-refractivity contribution >= 4 is 34.8 Å². The molecule has 186 valence electrons. The highest BCUT2D eigenvalue weighted by Crippen LogP contribution is 2.29. The molecule has 3 heterocycles. The Morgan fingerprint density at radius 1 is 1.17 bits per heavy atom. The summed E-state index contributed by atoms with van der Waals surface area (Å²) in [4.78, 5) is 32.0. The molecule has 10 heteroatoms. The first kappa shape index (κ1) is 24.5. The molecule has 0 spiro atoms. The van der Waals surface area contributed by atoms with E-state index < -0.39 is 11.7 Å². The van der Waals surface area contributed by atoms with Crippen molar-refractivity contribution in [2.75, 3.05) is 41.3 Å². The third kappa shape index (κ3) is 5.71. The van der Waals surface area contributed by atoms with Crippen LogP contribution in [-0.2, 0) is 9.53 Å². The Morgan fingerprint density at radius 3 is 2.49 bits per heavy atom. The van der Waals surface area contributed by atoms with Gasteiger partial charge in [0.25, 0.3) is 5.91 Å². The van der Waals surface area contributed by atoms with Gasteiger partial charge in [-0.25, -0.2) is 9.37 Å². The van der Waals surface area contributed by atoms with E-state index in [9.17, 15) is 14.0 Å². The van der Waals surface area contributed by atoms with E-state index in [-0.39, 0.29) is 41.4 Å². The van der Waals surface area contributed by atoms with Crippen molar-refractivity contribution in [1.82, 2.24) is 10.3 Å². The van der Waals surface area contributed by atoms with Crippen molar-refractivity contribution < 1.29 is 18.7 Å². The molecule has 2 fully saturated rings. The Morgan fingerprint density at radius 2 is 1.86 bits per heavy atom. The van der Waals surface area contributed by atoms with Crippen LogP contribution < -0.4 is 26.2 Å². The van der Waals surface area contributed by atoms with Gasteiger partial charge in [0.1, 0.15) is 5.82 Å². The van der Waals surface area contributed by atoms with Crippen LogP contribution in [0.25, 0.3) is 0 Å². The van der Waals surface area contributed by atoms with Crippen LogP contribution in [0.2, 0.25) is 0 Å². The molecule has 2 aliphatic rings. The summed E-state index contributed by atoms with van der Waals surface area (Å²) in [6.07, 6.45) is 2.14. The highest BCUT2D eigenvalue weighted by Gasteiger charge is 2.28. The minimum absolute atomic E-state index is 0.0399. The number of nitrogens with one attached hydrogen (secondary N) is 2. The van der Waals surface area contributed by atoms with Crippen molar-refractivity contribution in [3.8, 4) is 0 Å². The number of nitrogens with zero attached hydrogens (tertiary/aromatic N) is 3. The molecule has 0 radical (unpaired) electrons. The average Bonchev–Trinajstić information content (AvgIpc) is 3.27. The van der Waals surface area contributed by atoms with Crippen LogP contribution >= 0.6 is 0 Å². The third-order valence-corrected chi connectivity index (χ3v) is 6.16. The third-order valence-electron chi connectivity index (χ3n) is 6.16. The van der Waals surface area contributed by atoms with Crippen LogP contribution in [0.15, 0.2) is 43.0 Å². The number of morpholine rings is 1. The van der Waals surface area contributed by atoms with Crippen molar-refractivity contribution in [3.63, 3.8) is 0 Å². The topological polar surface area (TPSA) is 113 Å². The number of halogens is 1. The monoisotopic (exact) mass is 482 g/mol. The van der Waals surface area contributed by atoms with Crippen LogP contribution in [0, 0.1) is 5.82 Å². The highest BCUT2D eigenvalue weighted by atomic mass is 19.1. The lowest BCUT2D eigenvalue weighted by molar-refractivity contribution is -0.117. The number of benzene rings is 1. The van der Waals surface area contributed by atoms with Crippen molar-refractivity contribution in [2.45, 2.75) is 38.5 Å². The van der Waals surface area contributed by atoms with Gasteiger partial charge >= 0.3 is 0 Å². The molecule has 1 aromatic carbocycles. The van der Waals surface area contributed by atoms with E-state index in [0.717, 1.165) is 24.8 Å². The minimum Gasteiger partial charge on any atom is -0.372 e. The summed E-state index contributed by atoms with van der Waals surface area (Å²) in [7, 11) is 0. The molecule has 2 aliphatic heterocycles. The molecule has 2 amide bonds. The average molecular weight is 483 g/mol. The number of nitrogens with two attached hydrogens (primary N) is 1. The molecular formula is C25H31FN6O3. The normalized spacial score (nSPS) is 22.1. The van der Waals surface area contributed by atoms with Gasteiger partial charge in [0.05, 0.1) is 17.8 Å². The Balaban J connectivity index is 1.53. The Bertz CT molecular complexity index is 1100. The van der Waals surface area contributed by atoms with Gasteiger partial charge in [-0.2, -0.15) is 0 Å². The second-order valence-electron chi connectivity index (χ2n) is 9.03. The second kappa shape index (κ2) is 10.3. The maximum Gasteiger partial charge on any atom is 0.252 e. The molecule has 2 saturated heterocycles. The molecule has 2 aromatic rings. The molecule has 0 unspecified atom stereocenters. The van der Waals surface area contributed by atoms with Gasteiger partial charge in [-0.1, -0.05) is 6.58 Å². The lowest BCUT2D eigenvalue weighted by atomic mass is 10.2. The van der Waals surface area contributed by atoms with E-state index in [2.05, 4.69) is 40.9 Å². The van der Waals surface area contributed by atoms with E-state index >= 15 is 0 Å². The fraction of sp³-hybridized carbons (Fsp3) is 0.400. The number of ether oxygens (including phenoxy) is 1. The van der Waals surface area contributed by atoms with Crippen molar-refractivity contribution in [2.24, 2.45) is 5.73 Å². The maximum absolute atomic E-state index is 14.9. The van der Waals surface area contributed by atoms with Crippen LogP contribution in [0.5, 0.6) is 0 Å². The van der Waals surface area contributed by atoms with E-state index in [1.54, 1.807) is 4.90 Å². The summed E-state index contributed by atoms with van der Waals surface area (Å²) < 4.78 is 20.7. The zero-order valence-electron chi connectivity index (χ0n) is 20.0. The number of hydrogen-bond donors (Lipinski definition) is 3. The van der Waals surface area contributed by atoms with Crippen LogP contribution in [0.4, 0.5) is 27.4 Å². The zero-order chi connectivity index (χ0) is 25.1. The van der Waals surface area contributed by atoms with Crippen LogP contribution in [0.1, 0.15) is 30.6 Å². The van der Waals surface area contributed by atoms with Crippen LogP contribution in [0.3, 0.4) is 0 Å². The second-order valence-corrected chi connectivity index (χ2v) is 9.03. The number of pyridine rings is 1. The quantitative estimate of drug-likeness (QED) is 0.520. The predicted molar refractivity (Wildman–Crippen MR) is 134 cm³/mol. The summed E-state index contributed by atoms with van der Waals surface area (Å²) in [6.45, 7) is 10.1. The van der Waals surface area contributed by atoms with Gasteiger partial charge < -0.3 is 30.9 Å². The lowest BCUT2D eigenvalue weighted by Crippen LogP contribution is -2.45. The zero-order valence-corrected chi connectivity index (χ0v) is 20.0. The van der Waals surface area contributed by atoms with E-state index in [1.807, 2.05) is 24.3 Å². The summed E-state index contributed by atoms with van der Waals surface area (Å²) in [5.41, 5.74) is 7.21. The molecule has 9 nitrogen and oxygen atoms in total. The van der Waals surface area contributed by atoms with Gasteiger partial charge in [0, 0.05) is 43.6 Å². The first-order chi connectivity index (χ1) is 16.7. The van der Waals surface area contributed by atoms with Crippen LogP contribution in [-0.4, -0.2) is 61.2 Å². The molecule has 3 atom stereocenters. The number of aromatic nitrogens is 1. The maximum atomic E-state index is 14.9. The molecule has 0 aliphatic carbocycles. The Hall–Kier alpha value is -3.66. The predicted octanol–water partition coefficient (Wildman–Crippen LogP) is 2.56. The number of rotatable bonds is 7. The summed E-state index contributed by atoms with van der Waals surface area (Å²) >= 11 is 0. The molecule has 0 bridgehead atoms. The van der Waals surface area contributed by atoms with Crippen molar-refractivity contribution in [1.29, 1.82) is 0 Å². The first-order valence-electron chi connectivity index (χ1n) is 11.7. The Kier molecular flexibility index (Phi) is 7.20. The first-order valence-corrected chi connectivity index (χ1v) is 11.7. The standard InChI is InChI=1S/C25H31FN6O3/c1-4-22(33)28-18-9-10-31(14-18)25-21(26)11-20(23(27)34)24(30-25)29-17-5-7-19(8-6-17)32-12-15(2)35-16(3)13-32/h4-8,11,15-16,18H,1,9-10,12-14H2,2-3H3,(H2,27,34)(H,28,33)(H,29,30)/t15-,16+,18-/m0/s1. The number of carbonyl (C=O) groups is 2. The molecule has 1 aromatic heterocycles. The fourth-order valence-corrected chi connectivity index (χ4v) is 4.60. The summed E-state index contributed by atoms with van der Waals surface area (Å²) in [5, 5.41) is 5.93. The molecule has 4 N–H and O–H groups in total. The number of primary amides is 1. The van der Waals surface area contributed by atoms with Crippen molar-refractivity contribution in [3.05, 3.63) is 54.4 Å². The van der Waals surface area contributed by atoms with Gasteiger partial charge in [0.15, 0.2) is 11.6 Å². The molecule has 35 heavy (non-hydrogen) atoms. The van der Waals surface area contributed by atoms with E-state index in [0.29, 0.717) is 25.2 Å². The molecular weight excluding hydrogens is 451 g/mol. The molecule has 4 rings (SSSR count). The van der Waals surface area contributed by atoms with E-state index in [4.69, 9.17) is 10.5 Å².